The molecule has 0 unspecified atom stereocenters. The summed E-state index contributed by atoms with van der Waals surface area (Å²) in [5.41, 5.74) is 3.40. The van der Waals surface area contributed by atoms with E-state index in [1.165, 1.54) is 12.0 Å². The third kappa shape index (κ3) is 5.36. The highest BCUT2D eigenvalue weighted by Crippen LogP contribution is 2.26. The normalized spacial score (nSPS) is 23.6. The Kier molecular flexibility index (Phi) is 6.45. The van der Waals surface area contributed by atoms with Gasteiger partial charge in [0.15, 0.2) is 6.61 Å². The zero-order valence-electron chi connectivity index (χ0n) is 17.3. The summed E-state index contributed by atoms with van der Waals surface area (Å²) in [5, 5.41) is 3.25. The quantitative estimate of drug-likeness (QED) is 0.848. The minimum Gasteiger partial charge on any atom is -0.483 e. The summed E-state index contributed by atoms with van der Waals surface area (Å²) in [6, 6.07) is 14.6. The second-order valence-corrected chi connectivity index (χ2v) is 8.37. The third-order valence-electron chi connectivity index (χ3n) is 6.10. The van der Waals surface area contributed by atoms with Crippen LogP contribution in [0.25, 0.3) is 0 Å². The van der Waals surface area contributed by atoms with Crippen LogP contribution in [0.5, 0.6) is 5.75 Å². The first kappa shape index (κ1) is 19.9. The van der Waals surface area contributed by atoms with E-state index in [-0.39, 0.29) is 18.6 Å². The first-order valence-corrected chi connectivity index (χ1v) is 10.8. The molecule has 3 heterocycles. The number of fused-ring (bicyclic) bond motifs is 2. The molecule has 1 saturated heterocycles. The average Bonchev–Trinajstić information content (AvgIpc) is 2.71. The molecule has 1 N–H and O–H groups in total. The van der Waals surface area contributed by atoms with Gasteiger partial charge in [-0.25, -0.2) is 0 Å². The van der Waals surface area contributed by atoms with Gasteiger partial charge in [-0.2, -0.15) is 0 Å². The number of ether oxygens (including phenoxy) is 1. The number of nitrogens with one attached hydrogen (secondary N) is 1. The van der Waals surface area contributed by atoms with Gasteiger partial charge in [0.25, 0.3) is 5.91 Å². The fraction of sp³-hybridized carbons (Fsp3) is 0.500. The van der Waals surface area contributed by atoms with Gasteiger partial charge >= 0.3 is 0 Å². The molecule has 154 valence electrons. The molecular weight excluding hydrogens is 362 g/mol. The summed E-state index contributed by atoms with van der Waals surface area (Å²) in [4.78, 5) is 19.7. The summed E-state index contributed by atoms with van der Waals surface area (Å²) in [7, 11) is 0. The Bertz CT molecular complexity index is 838. The minimum absolute atomic E-state index is 0.0100. The van der Waals surface area contributed by atoms with Crippen LogP contribution in [0.15, 0.2) is 42.5 Å². The van der Waals surface area contributed by atoms with Crippen molar-refractivity contribution in [3.8, 4) is 5.75 Å². The zero-order chi connectivity index (χ0) is 20.1. The van der Waals surface area contributed by atoms with Gasteiger partial charge in [0.05, 0.1) is 5.69 Å². The first-order valence-electron chi connectivity index (χ1n) is 10.8. The Labute approximate surface area is 173 Å². The lowest BCUT2D eigenvalue weighted by Crippen LogP contribution is -2.51. The number of likely N-dealkylation sites (tertiary alicyclic amines) is 1. The topological polar surface area (TPSA) is 54.5 Å². The van der Waals surface area contributed by atoms with Gasteiger partial charge in [0, 0.05) is 31.4 Å². The van der Waals surface area contributed by atoms with Crippen LogP contribution in [-0.4, -0.2) is 41.5 Å². The van der Waals surface area contributed by atoms with Gasteiger partial charge in [0.2, 0.25) is 0 Å². The van der Waals surface area contributed by atoms with E-state index in [1.807, 2.05) is 31.2 Å². The number of para-hydroxylation sites is 1. The monoisotopic (exact) mass is 393 g/mol. The van der Waals surface area contributed by atoms with Crippen molar-refractivity contribution < 1.29 is 9.53 Å². The summed E-state index contributed by atoms with van der Waals surface area (Å²) >= 11 is 0. The molecule has 2 aliphatic rings. The number of carbonyl (C=O) groups excluding carboxylic acids is 1. The number of rotatable bonds is 2. The molecule has 2 atom stereocenters. The Morgan fingerprint density at radius 1 is 1.14 bits per heavy atom. The number of hydrogen-bond acceptors (Lipinski definition) is 4. The van der Waals surface area contributed by atoms with Crippen molar-refractivity contribution in [2.24, 2.45) is 5.92 Å². The standard InChI is InChI=1S/C24H31N3O2/c1-18-7-6-11-21(25-18)16-27-14-13-22-20(15-27)10-3-2-8-19-9-4-5-12-23(19)29-17-24(28)26-22/h4-7,9,11-12,20,22H,2-3,8,10,13-17H2,1H3,(H,26,28)/t20-,22+/m0/s1. The molecule has 0 radical (unpaired) electrons. The third-order valence-corrected chi connectivity index (χ3v) is 6.10. The van der Waals surface area contributed by atoms with E-state index in [0.29, 0.717) is 5.92 Å². The lowest BCUT2D eigenvalue weighted by Gasteiger charge is -2.39. The van der Waals surface area contributed by atoms with Crippen LogP contribution in [0.3, 0.4) is 0 Å². The Morgan fingerprint density at radius 3 is 2.93 bits per heavy atom. The average molecular weight is 394 g/mol. The van der Waals surface area contributed by atoms with Crippen molar-refractivity contribution in [3.05, 3.63) is 59.4 Å². The largest absolute Gasteiger partial charge is 0.483 e. The van der Waals surface area contributed by atoms with Crippen molar-refractivity contribution in [2.45, 2.75) is 51.6 Å². The maximum absolute atomic E-state index is 12.5. The van der Waals surface area contributed by atoms with Crippen molar-refractivity contribution in [1.29, 1.82) is 0 Å². The van der Waals surface area contributed by atoms with Crippen LogP contribution in [0.2, 0.25) is 0 Å². The molecular formula is C24H31N3O2. The number of carbonyl (C=O) groups is 1. The van der Waals surface area contributed by atoms with Crippen LogP contribution in [0, 0.1) is 12.8 Å². The molecule has 2 aromatic rings. The fourth-order valence-corrected chi connectivity index (χ4v) is 4.62. The summed E-state index contributed by atoms with van der Waals surface area (Å²) in [6.07, 6.45) is 5.45. The number of hydrogen-bond donors (Lipinski definition) is 1. The van der Waals surface area contributed by atoms with Gasteiger partial charge in [0.1, 0.15) is 5.75 Å². The number of pyridine rings is 1. The Morgan fingerprint density at radius 2 is 2.03 bits per heavy atom. The molecule has 0 saturated carbocycles. The van der Waals surface area contributed by atoms with Crippen molar-refractivity contribution >= 4 is 5.91 Å². The second kappa shape index (κ2) is 9.40. The molecule has 4 rings (SSSR count). The van der Waals surface area contributed by atoms with Crippen LogP contribution in [0.4, 0.5) is 0 Å². The molecule has 5 heteroatoms. The number of aryl methyl sites for hydroxylation is 2. The van der Waals surface area contributed by atoms with Gasteiger partial charge in [-0.05, 0) is 62.3 Å². The van der Waals surface area contributed by atoms with Gasteiger partial charge in [-0.3, -0.25) is 14.7 Å². The lowest BCUT2D eigenvalue weighted by molar-refractivity contribution is -0.124. The number of amides is 1. The first-order chi connectivity index (χ1) is 14.2. The molecule has 1 aromatic carbocycles. The molecule has 29 heavy (non-hydrogen) atoms. The molecule has 0 aliphatic carbocycles. The van der Waals surface area contributed by atoms with E-state index in [4.69, 9.17) is 4.74 Å². The molecule has 5 nitrogen and oxygen atoms in total. The number of aromatic nitrogens is 1. The van der Waals surface area contributed by atoms with Crippen molar-refractivity contribution in [3.63, 3.8) is 0 Å². The van der Waals surface area contributed by atoms with Crippen molar-refractivity contribution in [2.75, 3.05) is 19.7 Å². The Hall–Kier alpha value is -2.40. The number of benzene rings is 1. The van der Waals surface area contributed by atoms with Crippen LogP contribution < -0.4 is 10.1 Å². The van der Waals surface area contributed by atoms with E-state index in [9.17, 15) is 4.79 Å². The SMILES string of the molecule is Cc1cccc(CN2CC[C@H]3NC(=O)COc4ccccc4CCCC[C@H]3C2)n1. The second-order valence-electron chi connectivity index (χ2n) is 8.37. The predicted molar refractivity (Wildman–Crippen MR) is 114 cm³/mol. The van der Waals surface area contributed by atoms with E-state index < -0.39 is 0 Å². The van der Waals surface area contributed by atoms with E-state index in [1.54, 1.807) is 0 Å². The van der Waals surface area contributed by atoms with Crippen LogP contribution in [0.1, 0.15) is 42.6 Å². The highest BCUT2D eigenvalue weighted by Gasteiger charge is 2.30. The molecule has 1 fully saturated rings. The molecule has 1 amide bonds. The van der Waals surface area contributed by atoms with Crippen molar-refractivity contribution in [1.82, 2.24) is 15.2 Å². The van der Waals surface area contributed by atoms with E-state index in [0.717, 1.165) is 62.5 Å². The van der Waals surface area contributed by atoms with Crippen LogP contribution >= 0.6 is 0 Å². The molecule has 1 aromatic heterocycles. The van der Waals surface area contributed by atoms with Gasteiger partial charge in [-0.15, -0.1) is 0 Å². The maximum atomic E-state index is 12.5. The summed E-state index contributed by atoms with van der Waals surface area (Å²) in [6.45, 7) is 5.02. The lowest BCUT2D eigenvalue weighted by atomic mass is 9.87. The van der Waals surface area contributed by atoms with Gasteiger partial charge in [-0.1, -0.05) is 30.7 Å². The predicted octanol–water partition coefficient (Wildman–Crippen LogP) is 3.50. The number of nitrogens with zero attached hydrogens (tertiary/aromatic N) is 2. The Balaban J connectivity index is 1.41. The van der Waals surface area contributed by atoms with E-state index >= 15 is 0 Å². The molecule has 0 spiro atoms. The van der Waals surface area contributed by atoms with E-state index in [2.05, 4.69) is 33.4 Å². The fourth-order valence-electron chi connectivity index (χ4n) is 4.62. The molecule has 0 bridgehead atoms. The summed E-state index contributed by atoms with van der Waals surface area (Å²) < 4.78 is 5.83. The maximum Gasteiger partial charge on any atom is 0.258 e. The van der Waals surface area contributed by atoms with Crippen LogP contribution in [-0.2, 0) is 17.8 Å². The minimum atomic E-state index is -0.0100. The summed E-state index contributed by atoms with van der Waals surface area (Å²) in [5.74, 6) is 1.32. The highest BCUT2D eigenvalue weighted by atomic mass is 16.5. The number of piperidine rings is 1. The highest BCUT2D eigenvalue weighted by molar-refractivity contribution is 5.78. The zero-order valence-corrected chi connectivity index (χ0v) is 17.3. The molecule has 2 aliphatic heterocycles. The van der Waals surface area contributed by atoms with Gasteiger partial charge < -0.3 is 10.1 Å². The smallest absolute Gasteiger partial charge is 0.258 e.